The Morgan fingerprint density at radius 1 is 1.21 bits per heavy atom. The van der Waals surface area contributed by atoms with Gasteiger partial charge in [0.05, 0.1) is 5.69 Å². The fraction of sp³-hybridized carbons (Fsp3) is 0.467. The van der Waals surface area contributed by atoms with Crippen LogP contribution in [0.4, 0.5) is 5.82 Å². The molecule has 1 aromatic carbocycles. The molecule has 0 saturated carbocycles. The van der Waals surface area contributed by atoms with E-state index in [1.54, 1.807) is 0 Å². The molecule has 1 aromatic heterocycles. The van der Waals surface area contributed by atoms with E-state index in [4.69, 9.17) is 0 Å². The first-order chi connectivity index (χ1) is 9.27. The van der Waals surface area contributed by atoms with Crippen LogP contribution in [-0.4, -0.2) is 36.4 Å². The van der Waals surface area contributed by atoms with E-state index in [0.717, 1.165) is 24.6 Å². The minimum Gasteiger partial charge on any atom is -0.353 e. The summed E-state index contributed by atoms with van der Waals surface area (Å²) in [5.41, 5.74) is 0.995. The molecule has 1 saturated heterocycles. The Kier molecular flexibility index (Phi) is 3.34. The quantitative estimate of drug-likeness (QED) is 0.893. The van der Waals surface area contributed by atoms with Crippen LogP contribution in [0.5, 0.6) is 0 Å². The molecule has 1 atom stereocenters. The number of aryl methyl sites for hydroxylation is 1. The maximum Gasteiger partial charge on any atom is 0.159 e. The van der Waals surface area contributed by atoms with Crippen molar-refractivity contribution in [1.82, 2.24) is 15.5 Å². The molecule has 1 aliphatic heterocycles. The van der Waals surface area contributed by atoms with Crippen LogP contribution < -0.4 is 10.2 Å². The molecule has 19 heavy (non-hydrogen) atoms. The predicted octanol–water partition coefficient (Wildman–Crippen LogP) is 2.13. The van der Waals surface area contributed by atoms with Gasteiger partial charge in [-0.05, 0) is 26.3 Å². The number of fused-ring (bicyclic) bond motifs is 1. The summed E-state index contributed by atoms with van der Waals surface area (Å²) in [4.78, 5) is 2.28. The van der Waals surface area contributed by atoms with E-state index in [-0.39, 0.29) is 0 Å². The molecule has 0 radical (unpaired) electrons. The van der Waals surface area contributed by atoms with Gasteiger partial charge in [-0.25, -0.2) is 0 Å². The number of benzene rings is 1. The second-order valence-corrected chi connectivity index (χ2v) is 5.27. The van der Waals surface area contributed by atoms with Crippen molar-refractivity contribution in [3.8, 4) is 0 Å². The monoisotopic (exact) mass is 256 g/mol. The van der Waals surface area contributed by atoms with Gasteiger partial charge in [-0.2, -0.15) is 5.10 Å². The molecular weight excluding hydrogens is 236 g/mol. The maximum atomic E-state index is 4.43. The van der Waals surface area contributed by atoms with Crippen LogP contribution in [0.3, 0.4) is 0 Å². The molecule has 1 unspecified atom stereocenters. The summed E-state index contributed by atoms with van der Waals surface area (Å²) in [6.07, 6.45) is 2.44. The third kappa shape index (κ3) is 2.28. The molecule has 0 spiro atoms. The molecule has 3 rings (SSSR count). The zero-order chi connectivity index (χ0) is 13.2. The van der Waals surface area contributed by atoms with E-state index >= 15 is 0 Å². The lowest BCUT2D eigenvalue weighted by molar-refractivity contribution is 0.443. The average Bonchev–Trinajstić information content (AvgIpc) is 2.48. The lowest BCUT2D eigenvalue weighted by Crippen LogP contribution is -2.44. The topological polar surface area (TPSA) is 41.1 Å². The van der Waals surface area contributed by atoms with Crippen molar-refractivity contribution in [2.45, 2.75) is 25.8 Å². The van der Waals surface area contributed by atoms with E-state index in [2.05, 4.69) is 51.7 Å². The average molecular weight is 256 g/mol. The van der Waals surface area contributed by atoms with Crippen molar-refractivity contribution in [2.75, 3.05) is 25.0 Å². The number of nitrogens with zero attached hydrogens (tertiary/aromatic N) is 3. The molecular formula is C15H20N4. The first kappa shape index (κ1) is 12.4. The lowest BCUT2D eigenvalue weighted by Gasteiger charge is -2.32. The summed E-state index contributed by atoms with van der Waals surface area (Å²) < 4.78 is 0. The largest absolute Gasteiger partial charge is 0.353 e. The molecule has 0 bridgehead atoms. The van der Waals surface area contributed by atoms with Crippen molar-refractivity contribution < 1.29 is 0 Å². The van der Waals surface area contributed by atoms with Gasteiger partial charge in [0, 0.05) is 30.4 Å². The van der Waals surface area contributed by atoms with Crippen molar-refractivity contribution in [1.29, 1.82) is 0 Å². The molecule has 1 aliphatic rings. The zero-order valence-electron chi connectivity index (χ0n) is 11.6. The number of hydrogen-bond acceptors (Lipinski definition) is 4. The van der Waals surface area contributed by atoms with E-state index in [9.17, 15) is 0 Å². The van der Waals surface area contributed by atoms with Gasteiger partial charge < -0.3 is 10.2 Å². The van der Waals surface area contributed by atoms with Gasteiger partial charge in [-0.15, -0.1) is 5.10 Å². The third-order valence-corrected chi connectivity index (χ3v) is 4.01. The highest BCUT2D eigenvalue weighted by Crippen LogP contribution is 2.26. The Balaban J connectivity index is 2.02. The molecule has 2 aromatic rings. The highest BCUT2D eigenvalue weighted by atomic mass is 15.3. The number of aromatic nitrogens is 2. The van der Waals surface area contributed by atoms with E-state index < -0.39 is 0 Å². The summed E-state index contributed by atoms with van der Waals surface area (Å²) in [6, 6.07) is 8.90. The molecule has 4 heteroatoms. The van der Waals surface area contributed by atoms with E-state index in [1.807, 2.05) is 6.92 Å². The number of piperidine rings is 1. The van der Waals surface area contributed by atoms with E-state index in [1.165, 1.54) is 23.6 Å². The van der Waals surface area contributed by atoms with E-state index in [0.29, 0.717) is 6.04 Å². The van der Waals surface area contributed by atoms with Crippen molar-refractivity contribution in [2.24, 2.45) is 0 Å². The van der Waals surface area contributed by atoms with Gasteiger partial charge in [0.25, 0.3) is 0 Å². The molecule has 100 valence electrons. The SMILES string of the molecule is Cc1nnc(N(C)C2CCCNC2)c2ccccc12. The molecule has 4 nitrogen and oxygen atoms in total. The first-order valence-corrected chi connectivity index (χ1v) is 6.93. The Hall–Kier alpha value is -1.68. The highest BCUT2D eigenvalue weighted by molar-refractivity contribution is 5.93. The van der Waals surface area contributed by atoms with Crippen LogP contribution in [0, 0.1) is 6.92 Å². The van der Waals surface area contributed by atoms with Crippen LogP contribution in [0.2, 0.25) is 0 Å². The lowest BCUT2D eigenvalue weighted by atomic mass is 10.1. The fourth-order valence-electron chi connectivity index (χ4n) is 2.82. The molecule has 1 fully saturated rings. The van der Waals surface area contributed by atoms with Gasteiger partial charge >= 0.3 is 0 Å². The number of rotatable bonds is 2. The van der Waals surface area contributed by atoms with Gasteiger partial charge in [-0.1, -0.05) is 24.3 Å². The summed E-state index contributed by atoms with van der Waals surface area (Å²) in [5.74, 6) is 0.995. The number of nitrogens with one attached hydrogen (secondary N) is 1. The second-order valence-electron chi connectivity index (χ2n) is 5.27. The van der Waals surface area contributed by atoms with Gasteiger partial charge in [0.2, 0.25) is 0 Å². The number of anilines is 1. The number of likely N-dealkylation sites (N-methyl/N-ethyl adjacent to an activating group) is 1. The van der Waals surface area contributed by atoms with Crippen LogP contribution in [0.1, 0.15) is 18.5 Å². The second kappa shape index (κ2) is 5.13. The maximum absolute atomic E-state index is 4.43. The van der Waals surface area contributed by atoms with Crippen LogP contribution in [-0.2, 0) is 0 Å². The summed E-state index contributed by atoms with van der Waals surface area (Å²) in [6.45, 7) is 4.17. The molecule has 1 N–H and O–H groups in total. The summed E-state index contributed by atoms with van der Waals surface area (Å²) in [7, 11) is 2.13. The Morgan fingerprint density at radius 2 is 2.00 bits per heavy atom. The van der Waals surface area contributed by atoms with Crippen molar-refractivity contribution >= 4 is 16.6 Å². The van der Waals surface area contributed by atoms with Crippen molar-refractivity contribution in [3.05, 3.63) is 30.0 Å². The Morgan fingerprint density at radius 3 is 2.74 bits per heavy atom. The predicted molar refractivity (Wildman–Crippen MR) is 78.6 cm³/mol. The third-order valence-electron chi connectivity index (χ3n) is 4.01. The standard InChI is InChI=1S/C15H20N4/c1-11-13-7-3-4-8-14(13)15(18-17-11)19(2)12-6-5-9-16-10-12/h3-4,7-8,12,16H,5-6,9-10H2,1-2H3. The van der Waals surface area contributed by atoms with Gasteiger partial charge in [-0.3, -0.25) is 0 Å². The Bertz CT molecular complexity index is 575. The minimum absolute atomic E-state index is 0.508. The van der Waals surface area contributed by atoms with Gasteiger partial charge in [0.1, 0.15) is 0 Å². The first-order valence-electron chi connectivity index (χ1n) is 6.93. The van der Waals surface area contributed by atoms with Crippen molar-refractivity contribution in [3.63, 3.8) is 0 Å². The highest BCUT2D eigenvalue weighted by Gasteiger charge is 2.21. The summed E-state index contributed by atoms with van der Waals surface area (Å²) >= 11 is 0. The Labute approximate surface area is 113 Å². The summed E-state index contributed by atoms with van der Waals surface area (Å²) in [5, 5.41) is 14.6. The molecule has 0 amide bonds. The van der Waals surface area contributed by atoms with Crippen LogP contribution >= 0.6 is 0 Å². The smallest absolute Gasteiger partial charge is 0.159 e. The minimum atomic E-state index is 0.508. The van der Waals surface area contributed by atoms with Gasteiger partial charge in [0.15, 0.2) is 5.82 Å². The molecule has 2 heterocycles. The molecule has 0 aliphatic carbocycles. The number of hydrogen-bond donors (Lipinski definition) is 1. The van der Waals surface area contributed by atoms with Crippen LogP contribution in [0.25, 0.3) is 10.8 Å². The zero-order valence-corrected chi connectivity index (χ0v) is 11.6. The van der Waals surface area contributed by atoms with Crippen LogP contribution in [0.15, 0.2) is 24.3 Å². The fourth-order valence-corrected chi connectivity index (χ4v) is 2.82. The normalized spacial score (nSPS) is 19.6.